The molecule has 0 aliphatic carbocycles. The maximum atomic E-state index is 13.4. The molecular weight excluding hydrogens is 271 g/mol. The summed E-state index contributed by atoms with van der Waals surface area (Å²) in [6, 6.07) is 13.3. The smallest absolute Gasteiger partial charge is 0.339 e. The standard InChI is InChI=1S/C16H15FN2O2/c1-11-6-8-12(9-7-11)16(18)19-21-15(20)10-13-4-2-3-5-14(13)17/h2-9H,10H2,1H3,(H2,18,19). The van der Waals surface area contributed by atoms with Crippen LogP contribution < -0.4 is 5.73 Å². The molecule has 0 unspecified atom stereocenters. The molecule has 108 valence electrons. The van der Waals surface area contributed by atoms with Gasteiger partial charge >= 0.3 is 5.97 Å². The van der Waals surface area contributed by atoms with Crippen molar-refractivity contribution >= 4 is 11.8 Å². The summed E-state index contributed by atoms with van der Waals surface area (Å²) in [4.78, 5) is 16.3. The van der Waals surface area contributed by atoms with Crippen LogP contribution in [0.25, 0.3) is 0 Å². The van der Waals surface area contributed by atoms with Gasteiger partial charge in [0, 0.05) is 5.56 Å². The second-order valence-corrected chi connectivity index (χ2v) is 4.57. The van der Waals surface area contributed by atoms with E-state index in [1.54, 1.807) is 24.3 Å². The summed E-state index contributed by atoms with van der Waals surface area (Å²) in [5.74, 6) is -1.03. The van der Waals surface area contributed by atoms with E-state index in [1.165, 1.54) is 12.1 Å². The molecule has 0 saturated carbocycles. The molecular formula is C16H15FN2O2. The summed E-state index contributed by atoms with van der Waals surface area (Å²) < 4.78 is 13.4. The van der Waals surface area contributed by atoms with Gasteiger partial charge in [0.15, 0.2) is 5.84 Å². The number of carbonyl (C=O) groups is 1. The number of carbonyl (C=O) groups excluding carboxylic acids is 1. The van der Waals surface area contributed by atoms with E-state index in [1.807, 2.05) is 19.1 Å². The molecule has 5 heteroatoms. The van der Waals surface area contributed by atoms with E-state index in [-0.39, 0.29) is 17.8 Å². The molecule has 21 heavy (non-hydrogen) atoms. The van der Waals surface area contributed by atoms with Crippen molar-refractivity contribution in [3.8, 4) is 0 Å². The molecule has 2 N–H and O–H groups in total. The monoisotopic (exact) mass is 286 g/mol. The first-order valence-corrected chi connectivity index (χ1v) is 6.40. The van der Waals surface area contributed by atoms with E-state index in [4.69, 9.17) is 10.6 Å². The SMILES string of the molecule is Cc1ccc(C(N)=NOC(=O)Cc2ccccc2F)cc1. The molecule has 0 bridgehead atoms. The van der Waals surface area contributed by atoms with Crippen molar-refractivity contribution in [2.24, 2.45) is 10.9 Å². The van der Waals surface area contributed by atoms with Gasteiger partial charge in [-0.15, -0.1) is 0 Å². The highest BCUT2D eigenvalue weighted by atomic mass is 19.1. The summed E-state index contributed by atoms with van der Waals surface area (Å²) >= 11 is 0. The molecule has 2 rings (SSSR count). The Balaban J connectivity index is 1.98. The third-order valence-electron chi connectivity index (χ3n) is 2.89. The van der Waals surface area contributed by atoms with Crippen LogP contribution in [0.5, 0.6) is 0 Å². The number of benzene rings is 2. The topological polar surface area (TPSA) is 64.7 Å². The van der Waals surface area contributed by atoms with Gasteiger partial charge in [-0.25, -0.2) is 9.18 Å². The lowest BCUT2D eigenvalue weighted by Crippen LogP contribution is -2.16. The molecule has 0 aliphatic heterocycles. The van der Waals surface area contributed by atoms with Gasteiger partial charge in [-0.05, 0) is 18.6 Å². The molecule has 2 aromatic carbocycles. The summed E-state index contributed by atoms with van der Waals surface area (Å²) in [5.41, 5.74) is 7.71. The predicted molar refractivity (Wildman–Crippen MR) is 78.1 cm³/mol. The highest BCUT2D eigenvalue weighted by Gasteiger charge is 2.09. The molecule has 0 aromatic heterocycles. The Morgan fingerprint density at radius 2 is 1.86 bits per heavy atom. The number of nitrogens with two attached hydrogens (primary N) is 1. The van der Waals surface area contributed by atoms with Crippen molar-refractivity contribution in [1.82, 2.24) is 0 Å². The number of nitrogens with zero attached hydrogens (tertiary/aromatic N) is 1. The average molecular weight is 286 g/mol. The van der Waals surface area contributed by atoms with Gasteiger partial charge in [0.2, 0.25) is 0 Å². The van der Waals surface area contributed by atoms with Crippen molar-refractivity contribution in [2.75, 3.05) is 0 Å². The fourth-order valence-corrected chi connectivity index (χ4v) is 1.71. The molecule has 0 fully saturated rings. The first kappa shape index (κ1) is 14.7. The summed E-state index contributed by atoms with van der Waals surface area (Å²) in [6.07, 6.45) is -0.197. The second-order valence-electron chi connectivity index (χ2n) is 4.57. The van der Waals surface area contributed by atoms with Crippen LogP contribution in [0.15, 0.2) is 53.7 Å². The largest absolute Gasteiger partial charge is 0.380 e. The molecule has 0 atom stereocenters. The van der Waals surface area contributed by atoms with Crippen LogP contribution in [-0.2, 0) is 16.1 Å². The molecule has 0 saturated heterocycles. The highest BCUT2D eigenvalue weighted by molar-refractivity contribution is 5.97. The zero-order chi connectivity index (χ0) is 15.2. The molecule has 0 spiro atoms. The van der Waals surface area contributed by atoms with Crippen LogP contribution in [0.2, 0.25) is 0 Å². The van der Waals surface area contributed by atoms with Gasteiger partial charge in [0.05, 0.1) is 6.42 Å². The lowest BCUT2D eigenvalue weighted by Gasteiger charge is -2.03. The third kappa shape index (κ3) is 4.14. The van der Waals surface area contributed by atoms with Crippen molar-refractivity contribution in [3.63, 3.8) is 0 Å². The lowest BCUT2D eigenvalue weighted by atomic mass is 10.1. The predicted octanol–water partition coefficient (Wildman–Crippen LogP) is 2.54. The second kappa shape index (κ2) is 6.65. The summed E-state index contributed by atoms with van der Waals surface area (Å²) in [6.45, 7) is 1.95. The average Bonchev–Trinajstić information content (AvgIpc) is 2.48. The minimum atomic E-state index is -0.671. The number of hydrogen-bond donors (Lipinski definition) is 1. The van der Waals surface area contributed by atoms with Crippen LogP contribution >= 0.6 is 0 Å². The number of aryl methyl sites for hydroxylation is 1. The van der Waals surface area contributed by atoms with E-state index in [2.05, 4.69) is 5.16 Å². The van der Waals surface area contributed by atoms with Crippen molar-refractivity contribution < 1.29 is 14.0 Å². The number of halogens is 1. The first-order chi connectivity index (χ1) is 10.1. The van der Waals surface area contributed by atoms with Gasteiger partial charge in [-0.2, -0.15) is 0 Å². The van der Waals surface area contributed by atoms with Crippen LogP contribution in [-0.4, -0.2) is 11.8 Å². The number of rotatable bonds is 4. The van der Waals surface area contributed by atoms with E-state index >= 15 is 0 Å². The maximum absolute atomic E-state index is 13.4. The molecule has 0 amide bonds. The van der Waals surface area contributed by atoms with Gasteiger partial charge in [0.25, 0.3) is 0 Å². The Kier molecular flexibility index (Phi) is 4.66. The minimum Gasteiger partial charge on any atom is -0.380 e. The molecule has 0 radical (unpaired) electrons. The van der Waals surface area contributed by atoms with E-state index in [9.17, 15) is 9.18 Å². The van der Waals surface area contributed by atoms with Crippen molar-refractivity contribution in [3.05, 3.63) is 71.0 Å². The fourth-order valence-electron chi connectivity index (χ4n) is 1.71. The highest BCUT2D eigenvalue weighted by Crippen LogP contribution is 2.08. The van der Waals surface area contributed by atoms with Crippen LogP contribution in [0, 0.1) is 12.7 Å². The Morgan fingerprint density at radius 1 is 1.19 bits per heavy atom. The Morgan fingerprint density at radius 3 is 2.52 bits per heavy atom. The number of hydrogen-bond acceptors (Lipinski definition) is 3. The molecule has 2 aromatic rings. The van der Waals surface area contributed by atoms with Crippen LogP contribution in [0.3, 0.4) is 0 Å². The van der Waals surface area contributed by atoms with Gasteiger partial charge < -0.3 is 10.6 Å². The molecule has 0 aliphatic rings. The van der Waals surface area contributed by atoms with Crippen molar-refractivity contribution in [2.45, 2.75) is 13.3 Å². The zero-order valence-electron chi connectivity index (χ0n) is 11.5. The van der Waals surface area contributed by atoms with E-state index in [0.29, 0.717) is 5.56 Å². The Hall–Kier alpha value is -2.69. The summed E-state index contributed by atoms with van der Waals surface area (Å²) in [5, 5.41) is 3.57. The number of oxime groups is 1. The summed E-state index contributed by atoms with van der Waals surface area (Å²) in [7, 11) is 0. The van der Waals surface area contributed by atoms with Gasteiger partial charge in [-0.1, -0.05) is 53.2 Å². The third-order valence-corrected chi connectivity index (χ3v) is 2.89. The van der Waals surface area contributed by atoms with Crippen molar-refractivity contribution in [1.29, 1.82) is 0 Å². The Bertz CT molecular complexity index is 666. The van der Waals surface area contributed by atoms with E-state index in [0.717, 1.165) is 5.56 Å². The Labute approximate surface area is 122 Å². The minimum absolute atomic E-state index is 0.0943. The zero-order valence-corrected chi connectivity index (χ0v) is 11.5. The normalized spacial score (nSPS) is 11.2. The first-order valence-electron chi connectivity index (χ1n) is 6.40. The molecule has 4 nitrogen and oxygen atoms in total. The number of amidine groups is 1. The van der Waals surface area contributed by atoms with Gasteiger partial charge in [-0.3, -0.25) is 0 Å². The molecule has 0 heterocycles. The lowest BCUT2D eigenvalue weighted by molar-refractivity contribution is -0.142. The quantitative estimate of drug-likeness (QED) is 0.406. The van der Waals surface area contributed by atoms with Crippen LogP contribution in [0.4, 0.5) is 4.39 Å². The maximum Gasteiger partial charge on any atom is 0.339 e. The fraction of sp³-hybridized carbons (Fsp3) is 0.125. The van der Waals surface area contributed by atoms with Gasteiger partial charge in [0.1, 0.15) is 5.82 Å². The van der Waals surface area contributed by atoms with E-state index < -0.39 is 11.8 Å². The van der Waals surface area contributed by atoms with Crippen LogP contribution in [0.1, 0.15) is 16.7 Å².